The van der Waals surface area contributed by atoms with E-state index in [0.29, 0.717) is 11.6 Å². The molecule has 0 aliphatic carbocycles. The zero-order chi connectivity index (χ0) is 14.4. The second kappa shape index (κ2) is 4.39. The van der Waals surface area contributed by atoms with Crippen LogP contribution >= 0.6 is 11.6 Å². The van der Waals surface area contributed by atoms with Crippen molar-refractivity contribution < 1.29 is 5.79 Å². The average molecular weight is 280 g/mol. The highest BCUT2D eigenvalue weighted by Gasteiger charge is 2.11. The lowest BCUT2D eigenvalue weighted by molar-refractivity contribution is 0.669. The van der Waals surface area contributed by atoms with E-state index < -0.39 is 0 Å². The highest BCUT2D eigenvalue weighted by Crippen LogP contribution is 2.36. The summed E-state index contributed by atoms with van der Waals surface area (Å²) >= 11 is 5.97. The summed E-state index contributed by atoms with van der Waals surface area (Å²) in [6, 6.07) is 19.8. The van der Waals surface area contributed by atoms with Gasteiger partial charge in [0.15, 0.2) is 0 Å². The van der Waals surface area contributed by atoms with Crippen LogP contribution in [0.1, 0.15) is 1.37 Å². The highest BCUT2D eigenvalue weighted by molar-refractivity contribution is 6.30. The highest BCUT2D eigenvalue weighted by atomic mass is 35.5. The molecule has 1 nitrogen and oxygen atoms in total. The zero-order valence-corrected chi connectivity index (χ0v) is 11.3. The van der Waals surface area contributed by atoms with Crippen molar-refractivity contribution in [3.8, 4) is 11.1 Å². The monoisotopic (exact) mass is 279 g/mol. The van der Waals surface area contributed by atoms with Gasteiger partial charge in [-0.15, -0.1) is 0 Å². The normalized spacial score (nSPS) is 11.9. The van der Waals surface area contributed by atoms with Crippen molar-refractivity contribution in [1.82, 2.24) is 0 Å². The van der Waals surface area contributed by atoms with Gasteiger partial charge in [0, 0.05) is 15.8 Å². The number of hydrogen-bond donors (Lipinski definition) is 0. The van der Waals surface area contributed by atoms with E-state index in [0.717, 1.165) is 32.5 Å². The molecule has 0 radical (unpaired) electrons. The van der Waals surface area contributed by atoms with Crippen LogP contribution in [-0.4, -0.2) is 0 Å². The Morgan fingerprint density at radius 2 is 1.70 bits per heavy atom. The molecule has 0 spiro atoms. The molecule has 0 unspecified atom stereocenters. The van der Waals surface area contributed by atoms with Gasteiger partial charge in [-0.3, -0.25) is 0 Å². The van der Waals surface area contributed by atoms with Crippen LogP contribution in [0.3, 0.4) is 0 Å². The summed E-state index contributed by atoms with van der Waals surface area (Å²) in [5, 5.41) is 2.74. The summed E-state index contributed by atoms with van der Waals surface area (Å²) in [6.45, 7) is 0. The first kappa shape index (κ1) is 10.5. The number of halogens is 1. The SMILES string of the molecule is [2H]c1cccc2c1oc1cccc(-c3ccc(Cl)cc3)c12. The molecule has 0 N–H and O–H groups in total. The smallest absolute Gasteiger partial charge is 0.136 e. The van der Waals surface area contributed by atoms with Crippen LogP contribution in [0, 0.1) is 0 Å². The van der Waals surface area contributed by atoms with E-state index in [1.807, 2.05) is 48.5 Å². The standard InChI is InChI=1S/C18H11ClO/c19-13-10-8-12(9-11-13)14-5-3-7-17-18(14)15-4-1-2-6-16(15)20-17/h1-11H/i6D. The Balaban J connectivity index is 2.12. The zero-order valence-electron chi connectivity index (χ0n) is 11.6. The molecule has 20 heavy (non-hydrogen) atoms. The topological polar surface area (TPSA) is 13.1 Å². The Bertz CT molecular complexity index is 954. The van der Waals surface area contributed by atoms with E-state index in [9.17, 15) is 0 Å². The Kier molecular flexibility index (Phi) is 2.31. The second-order valence-electron chi connectivity index (χ2n) is 4.70. The number of rotatable bonds is 1. The first-order valence-corrected chi connectivity index (χ1v) is 6.78. The molecule has 0 amide bonds. The molecule has 4 rings (SSSR count). The van der Waals surface area contributed by atoms with Crippen molar-refractivity contribution in [2.45, 2.75) is 0 Å². The molecule has 0 saturated carbocycles. The number of hydrogen-bond acceptors (Lipinski definition) is 1. The van der Waals surface area contributed by atoms with Crippen molar-refractivity contribution >= 4 is 33.5 Å². The van der Waals surface area contributed by atoms with Gasteiger partial charge in [-0.25, -0.2) is 0 Å². The fourth-order valence-electron chi connectivity index (χ4n) is 2.58. The molecule has 96 valence electrons. The summed E-state index contributed by atoms with van der Waals surface area (Å²) in [4.78, 5) is 0. The molecule has 1 heterocycles. The molecule has 0 bridgehead atoms. The Labute approximate surface area is 122 Å². The van der Waals surface area contributed by atoms with E-state index in [1.54, 1.807) is 6.07 Å². The van der Waals surface area contributed by atoms with E-state index >= 15 is 0 Å². The van der Waals surface area contributed by atoms with Gasteiger partial charge in [0.25, 0.3) is 0 Å². The molecule has 0 saturated heterocycles. The molecule has 4 aromatic rings. The number of benzene rings is 3. The Morgan fingerprint density at radius 3 is 2.55 bits per heavy atom. The summed E-state index contributed by atoms with van der Waals surface area (Å²) < 4.78 is 13.8. The van der Waals surface area contributed by atoms with Crippen molar-refractivity contribution in [1.29, 1.82) is 0 Å². The van der Waals surface area contributed by atoms with Crippen LogP contribution in [0.5, 0.6) is 0 Å². The molecule has 0 atom stereocenters. The van der Waals surface area contributed by atoms with E-state index in [-0.39, 0.29) is 0 Å². The molecule has 0 aliphatic heterocycles. The Morgan fingerprint density at radius 1 is 0.850 bits per heavy atom. The maximum absolute atomic E-state index is 7.99. The van der Waals surface area contributed by atoms with Crippen LogP contribution in [0.2, 0.25) is 5.02 Å². The van der Waals surface area contributed by atoms with E-state index in [1.165, 1.54) is 0 Å². The van der Waals surface area contributed by atoms with Crippen LogP contribution < -0.4 is 0 Å². The van der Waals surface area contributed by atoms with Crippen LogP contribution in [0.25, 0.3) is 33.1 Å². The summed E-state index contributed by atoms with van der Waals surface area (Å²) in [5.74, 6) is 0. The van der Waals surface area contributed by atoms with Gasteiger partial charge in [-0.05, 0) is 35.4 Å². The summed E-state index contributed by atoms with van der Waals surface area (Å²) in [6.07, 6.45) is 0. The minimum absolute atomic E-state index is 0.408. The molecular formula is C18H11ClO. The molecule has 0 fully saturated rings. The quantitative estimate of drug-likeness (QED) is 0.422. The first-order valence-electron chi connectivity index (χ1n) is 6.91. The van der Waals surface area contributed by atoms with Gasteiger partial charge in [-0.2, -0.15) is 0 Å². The van der Waals surface area contributed by atoms with Crippen molar-refractivity contribution in [3.05, 3.63) is 71.7 Å². The first-order chi connectivity index (χ1) is 10.2. The minimum Gasteiger partial charge on any atom is -0.456 e. The second-order valence-corrected chi connectivity index (χ2v) is 5.14. The largest absolute Gasteiger partial charge is 0.456 e. The van der Waals surface area contributed by atoms with Crippen molar-refractivity contribution in [3.63, 3.8) is 0 Å². The van der Waals surface area contributed by atoms with Crippen LogP contribution in [0.4, 0.5) is 0 Å². The molecule has 2 heteroatoms. The van der Waals surface area contributed by atoms with Crippen LogP contribution in [0.15, 0.2) is 71.1 Å². The third kappa shape index (κ3) is 1.71. The van der Waals surface area contributed by atoms with Gasteiger partial charge in [0.1, 0.15) is 11.2 Å². The average Bonchev–Trinajstić information content (AvgIpc) is 2.88. The Hall–Kier alpha value is -2.25. The maximum Gasteiger partial charge on any atom is 0.136 e. The lowest BCUT2D eigenvalue weighted by Gasteiger charge is -2.03. The summed E-state index contributed by atoms with van der Waals surface area (Å²) in [5.41, 5.74) is 3.61. The summed E-state index contributed by atoms with van der Waals surface area (Å²) in [7, 11) is 0. The maximum atomic E-state index is 7.99. The third-order valence-corrected chi connectivity index (χ3v) is 3.73. The number of furan rings is 1. The number of fused-ring (bicyclic) bond motifs is 3. The minimum atomic E-state index is 0.408. The van der Waals surface area contributed by atoms with Gasteiger partial charge >= 0.3 is 0 Å². The van der Waals surface area contributed by atoms with Crippen molar-refractivity contribution in [2.75, 3.05) is 0 Å². The van der Waals surface area contributed by atoms with Gasteiger partial charge < -0.3 is 4.42 Å². The fourth-order valence-corrected chi connectivity index (χ4v) is 2.70. The van der Waals surface area contributed by atoms with E-state index in [2.05, 4.69) is 6.07 Å². The van der Waals surface area contributed by atoms with Gasteiger partial charge in [0.2, 0.25) is 0 Å². The molecule has 3 aromatic carbocycles. The van der Waals surface area contributed by atoms with Gasteiger partial charge in [-0.1, -0.05) is 54.1 Å². The predicted octanol–water partition coefficient (Wildman–Crippen LogP) is 5.91. The van der Waals surface area contributed by atoms with E-state index in [4.69, 9.17) is 17.4 Å². The lowest BCUT2D eigenvalue weighted by Crippen LogP contribution is -1.79. The third-order valence-electron chi connectivity index (χ3n) is 3.48. The van der Waals surface area contributed by atoms with Crippen molar-refractivity contribution in [2.24, 2.45) is 0 Å². The lowest BCUT2D eigenvalue weighted by atomic mass is 10.00. The molecular weight excluding hydrogens is 268 g/mol. The molecule has 1 aromatic heterocycles. The molecule has 0 aliphatic rings. The predicted molar refractivity (Wildman–Crippen MR) is 84.2 cm³/mol. The number of para-hydroxylation sites is 1. The van der Waals surface area contributed by atoms with Gasteiger partial charge in [0.05, 0.1) is 1.37 Å². The fraction of sp³-hybridized carbons (Fsp3) is 0. The van der Waals surface area contributed by atoms with Crippen LogP contribution in [-0.2, 0) is 0 Å².